The SMILES string of the molecule is CCC[C@@H](C)c1nc(C(N)=O)c2[nH]c(=O)n(-c3ccc(C)c(C)c3)c2n1. The Hall–Kier alpha value is -2.96. The van der Waals surface area contributed by atoms with Gasteiger partial charge in [-0.3, -0.25) is 4.79 Å². The number of hydrogen-bond acceptors (Lipinski definition) is 4. The summed E-state index contributed by atoms with van der Waals surface area (Å²) in [6.07, 6.45) is 1.84. The topological polar surface area (TPSA) is 107 Å². The molecule has 0 saturated carbocycles. The Bertz CT molecular complexity index is 1050. The number of amides is 1. The molecular formula is C19H23N5O2. The second-order valence-electron chi connectivity index (χ2n) is 6.72. The number of fused-ring (bicyclic) bond motifs is 1. The Kier molecular flexibility index (Phi) is 4.63. The van der Waals surface area contributed by atoms with Crippen LogP contribution in [-0.2, 0) is 0 Å². The predicted molar refractivity (Wildman–Crippen MR) is 101 cm³/mol. The fourth-order valence-corrected chi connectivity index (χ4v) is 3.07. The normalized spacial score (nSPS) is 12.5. The number of nitrogens with two attached hydrogens (primary N) is 1. The summed E-state index contributed by atoms with van der Waals surface area (Å²) in [7, 11) is 0. The summed E-state index contributed by atoms with van der Waals surface area (Å²) in [5, 5.41) is 0. The van der Waals surface area contributed by atoms with E-state index in [0.717, 1.165) is 24.0 Å². The van der Waals surface area contributed by atoms with Gasteiger partial charge in [0, 0.05) is 5.92 Å². The number of nitrogens with zero attached hydrogens (tertiary/aromatic N) is 3. The van der Waals surface area contributed by atoms with E-state index in [0.29, 0.717) is 17.2 Å². The van der Waals surface area contributed by atoms with Crippen molar-refractivity contribution in [3.05, 3.63) is 51.3 Å². The molecule has 0 spiro atoms. The fourth-order valence-electron chi connectivity index (χ4n) is 3.07. The van der Waals surface area contributed by atoms with Crippen molar-refractivity contribution in [3.8, 4) is 5.69 Å². The van der Waals surface area contributed by atoms with Crippen molar-refractivity contribution < 1.29 is 4.79 Å². The number of primary amides is 1. The molecule has 3 rings (SSSR count). The van der Waals surface area contributed by atoms with Crippen LogP contribution in [0.5, 0.6) is 0 Å². The van der Waals surface area contributed by atoms with Crippen LogP contribution in [0, 0.1) is 13.8 Å². The molecular weight excluding hydrogens is 330 g/mol. The van der Waals surface area contributed by atoms with E-state index in [1.807, 2.05) is 39.0 Å². The maximum Gasteiger partial charge on any atom is 0.332 e. The minimum atomic E-state index is -0.684. The molecule has 2 heterocycles. The Morgan fingerprint density at radius 2 is 2.00 bits per heavy atom. The number of carbonyl (C=O) groups is 1. The van der Waals surface area contributed by atoms with Crippen LogP contribution in [0.2, 0.25) is 0 Å². The van der Waals surface area contributed by atoms with E-state index >= 15 is 0 Å². The molecule has 0 aliphatic heterocycles. The molecule has 1 amide bonds. The summed E-state index contributed by atoms with van der Waals surface area (Å²) in [4.78, 5) is 36.1. The molecule has 136 valence electrons. The third-order valence-electron chi connectivity index (χ3n) is 4.70. The summed E-state index contributed by atoms with van der Waals surface area (Å²) in [5.74, 6) is -0.110. The molecule has 0 aliphatic carbocycles. The van der Waals surface area contributed by atoms with E-state index in [1.165, 1.54) is 4.57 Å². The summed E-state index contributed by atoms with van der Waals surface area (Å²) in [6, 6.07) is 5.73. The van der Waals surface area contributed by atoms with Gasteiger partial charge in [-0.1, -0.05) is 26.3 Å². The number of hydrogen-bond donors (Lipinski definition) is 2. The average Bonchev–Trinajstić information content (AvgIpc) is 2.92. The quantitative estimate of drug-likeness (QED) is 0.735. The first-order valence-electron chi connectivity index (χ1n) is 8.73. The van der Waals surface area contributed by atoms with Crippen LogP contribution in [0.1, 0.15) is 60.0 Å². The average molecular weight is 353 g/mol. The number of aryl methyl sites for hydroxylation is 2. The third kappa shape index (κ3) is 3.00. The van der Waals surface area contributed by atoms with Crippen molar-refractivity contribution in [2.45, 2.75) is 46.5 Å². The smallest absolute Gasteiger partial charge is 0.332 e. The zero-order valence-electron chi connectivity index (χ0n) is 15.5. The minimum Gasteiger partial charge on any atom is -0.364 e. The van der Waals surface area contributed by atoms with Crippen LogP contribution in [0.15, 0.2) is 23.0 Å². The second-order valence-corrected chi connectivity index (χ2v) is 6.72. The first-order valence-corrected chi connectivity index (χ1v) is 8.73. The first kappa shape index (κ1) is 17.8. The number of aromatic nitrogens is 4. The molecule has 1 aromatic carbocycles. The summed E-state index contributed by atoms with van der Waals surface area (Å²) < 4.78 is 1.47. The van der Waals surface area contributed by atoms with E-state index < -0.39 is 5.91 Å². The molecule has 7 nitrogen and oxygen atoms in total. The predicted octanol–water partition coefficient (Wildman–Crippen LogP) is 2.73. The summed E-state index contributed by atoms with van der Waals surface area (Å²) in [5.41, 5.74) is 8.71. The lowest BCUT2D eigenvalue weighted by Crippen LogP contribution is -2.17. The highest BCUT2D eigenvalue weighted by molar-refractivity contribution is 6.01. The van der Waals surface area contributed by atoms with Crippen LogP contribution >= 0.6 is 0 Å². The minimum absolute atomic E-state index is 0.0487. The van der Waals surface area contributed by atoms with Crippen molar-refractivity contribution in [2.24, 2.45) is 5.73 Å². The molecule has 7 heteroatoms. The number of benzene rings is 1. The lowest BCUT2D eigenvalue weighted by Gasteiger charge is -2.11. The number of H-pyrrole nitrogens is 1. The molecule has 2 aromatic heterocycles. The maximum absolute atomic E-state index is 12.6. The van der Waals surface area contributed by atoms with Gasteiger partial charge in [0.05, 0.1) is 5.69 Å². The van der Waals surface area contributed by atoms with Crippen LogP contribution in [0.4, 0.5) is 0 Å². The Morgan fingerprint density at radius 3 is 2.62 bits per heavy atom. The Labute approximate surface area is 151 Å². The third-order valence-corrected chi connectivity index (χ3v) is 4.70. The van der Waals surface area contributed by atoms with E-state index in [2.05, 4.69) is 21.9 Å². The van der Waals surface area contributed by atoms with Crippen molar-refractivity contribution in [1.82, 2.24) is 19.5 Å². The highest BCUT2D eigenvalue weighted by Crippen LogP contribution is 2.23. The van der Waals surface area contributed by atoms with Crippen LogP contribution in [-0.4, -0.2) is 25.4 Å². The van der Waals surface area contributed by atoms with Gasteiger partial charge < -0.3 is 10.7 Å². The fraction of sp³-hybridized carbons (Fsp3) is 0.368. The standard InChI is InChI=1S/C19H23N5O2/c1-5-6-11(3)17-21-14(16(20)25)15-18(23-17)24(19(26)22-15)13-8-7-10(2)12(4)9-13/h7-9,11H,5-6H2,1-4H3,(H2,20,25)(H,22,26)/t11-/m1/s1. The number of nitrogens with one attached hydrogen (secondary N) is 1. The summed E-state index contributed by atoms with van der Waals surface area (Å²) >= 11 is 0. The molecule has 1 atom stereocenters. The van der Waals surface area contributed by atoms with Gasteiger partial charge in [-0.25, -0.2) is 19.3 Å². The largest absolute Gasteiger partial charge is 0.364 e. The van der Waals surface area contributed by atoms with Gasteiger partial charge >= 0.3 is 5.69 Å². The molecule has 3 N–H and O–H groups in total. The van der Waals surface area contributed by atoms with Gasteiger partial charge in [0.15, 0.2) is 11.3 Å². The van der Waals surface area contributed by atoms with Crippen molar-refractivity contribution in [3.63, 3.8) is 0 Å². The van der Waals surface area contributed by atoms with Gasteiger partial charge in [0.25, 0.3) is 5.91 Å². The van der Waals surface area contributed by atoms with Crippen LogP contribution in [0.3, 0.4) is 0 Å². The van der Waals surface area contributed by atoms with E-state index in [1.54, 1.807) is 0 Å². The van der Waals surface area contributed by atoms with Crippen LogP contribution in [0.25, 0.3) is 16.9 Å². The highest BCUT2D eigenvalue weighted by atomic mass is 16.2. The van der Waals surface area contributed by atoms with Crippen LogP contribution < -0.4 is 11.4 Å². The molecule has 0 unspecified atom stereocenters. The lowest BCUT2D eigenvalue weighted by atomic mass is 10.1. The molecule has 0 radical (unpaired) electrons. The first-order chi connectivity index (χ1) is 12.3. The van der Waals surface area contributed by atoms with Crippen molar-refractivity contribution >= 4 is 17.1 Å². The number of carbonyl (C=O) groups excluding carboxylic acids is 1. The van der Waals surface area contributed by atoms with E-state index in [4.69, 9.17) is 5.73 Å². The monoisotopic (exact) mass is 353 g/mol. The molecule has 3 aromatic rings. The molecule has 0 fully saturated rings. The number of imidazole rings is 1. The number of aromatic amines is 1. The molecule has 26 heavy (non-hydrogen) atoms. The maximum atomic E-state index is 12.6. The highest BCUT2D eigenvalue weighted by Gasteiger charge is 2.21. The van der Waals surface area contributed by atoms with Gasteiger partial charge in [-0.2, -0.15) is 0 Å². The lowest BCUT2D eigenvalue weighted by molar-refractivity contribution is 0.0996. The Morgan fingerprint density at radius 1 is 1.27 bits per heavy atom. The van der Waals surface area contributed by atoms with E-state index in [9.17, 15) is 9.59 Å². The second kappa shape index (κ2) is 6.74. The molecule has 0 aliphatic rings. The zero-order chi connectivity index (χ0) is 19.0. The Balaban J connectivity index is 2.33. The van der Waals surface area contributed by atoms with E-state index in [-0.39, 0.29) is 22.8 Å². The van der Waals surface area contributed by atoms with Crippen molar-refractivity contribution in [1.29, 1.82) is 0 Å². The van der Waals surface area contributed by atoms with Gasteiger partial charge in [-0.05, 0) is 43.5 Å². The van der Waals surface area contributed by atoms with Gasteiger partial charge in [-0.15, -0.1) is 0 Å². The van der Waals surface area contributed by atoms with Crippen molar-refractivity contribution in [2.75, 3.05) is 0 Å². The summed E-state index contributed by atoms with van der Waals surface area (Å²) in [6.45, 7) is 8.07. The van der Waals surface area contributed by atoms with Gasteiger partial charge in [0.1, 0.15) is 11.3 Å². The number of rotatable bonds is 5. The van der Waals surface area contributed by atoms with Gasteiger partial charge in [0.2, 0.25) is 0 Å². The molecule has 0 saturated heterocycles. The molecule has 0 bridgehead atoms. The zero-order valence-corrected chi connectivity index (χ0v) is 15.5.